The second-order valence-electron chi connectivity index (χ2n) is 3.36. The Hall–Kier alpha value is -0.857. The van der Waals surface area contributed by atoms with Crippen molar-refractivity contribution in [2.24, 2.45) is 0 Å². The Bertz CT molecular complexity index is 449. The number of benzene rings is 2. The van der Waals surface area contributed by atoms with Crippen LogP contribution in [0.25, 0.3) is 0 Å². The summed E-state index contributed by atoms with van der Waals surface area (Å²) >= 11 is 4.25. The van der Waals surface area contributed by atoms with E-state index in [1.165, 1.54) is 16.3 Å². The third kappa shape index (κ3) is 5.20. The van der Waals surface area contributed by atoms with E-state index < -0.39 is 0 Å². The van der Waals surface area contributed by atoms with Crippen LogP contribution in [-0.4, -0.2) is 7.11 Å². The van der Waals surface area contributed by atoms with E-state index in [9.17, 15) is 0 Å². The molecule has 18 heavy (non-hydrogen) atoms. The Kier molecular flexibility index (Phi) is 7.71. The van der Waals surface area contributed by atoms with Gasteiger partial charge in [0.1, 0.15) is 11.5 Å². The van der Waals surface area contributed by atoms with Crippen LogP contribution in [0.1, 0.15) is 5.56 Å². The molecule has 2 nitrogen and oxygen atoms in total. The molecule has 0 aromatic heterocycles. The fourth-order valence-electron chi connectivity index (χ4n) is 1.37. The van der Waals surface area contributed by atoms with E-state index in [0.717, 1.165) is 17.1 Å². The van der Waals surface area contributed by atoms with Crippen LogP contribution in [0.3, 0.4) is 0 Å². The maximum atomic E-state index is 5.62. The van der Waals surface area contributed by atoms with Gasteiger partial charge in [-0.3, -0.25) is 0 Å². The molecule has 0 spiro atoms. The van der Waals surface area contributed by atoms with E-state index >= 15 is 0 Å². The molecule has 0 saturated heterocycles. The van der Waals surface area contributed by atoms with Gasteiger partial charge in [0.05, 0.1) is 13.7 Å². The van der Waals surface area contributed by atoms with Crippen LogP contribution in [-0.2, 0) is 22.9 Å². The monoisotopic (exact) mass is 356 g/mol. The fraction of sp³-hybridized carbons (Fsp3) is 0.143. The molecule has 0 bridgehead atoms. The summed E-state index contributed by atoms with van der Waals surface area (Å²) in [5.41, 5.74) is 1.03. The molecule has 0 unspecified atom stereocenters. The standard InChI is InChI=1S/C14H13O2.BrH.Zn/c1-15-13-8-5-9-14(10-13)16-11-12-6-3-2-4-7-12;;/h2-6,8-10H,11H2,1H3;1H;/q-1;;+2/p-1. The van der Waals surface area contributed by atoms with Gasteiger partial charge in [0.2, 0.25) is 0 Å². The first-order chi connectivity index (χ1) is 8.88. The van der Waals surface area contributed by atoms with Crippen LogP contribution in [0.5, 0.6) is 11.5 Å². The quantitative estimate of drug-likeness (QED) is 0.609. The van der Waals surface area contributed by atoms with Gasteiger partial charge in [0, 0.05) is 6.07 Å². The number of ether oxygens (including phenoxy) is 2. The van der Waals surface area contributed by atoms with Crippen molar-refractivity contribution in [3.63, 3.8) is 0 Å². The van der Waals surface area contributed by atoms with Crippen molar-refractivity contribution in [2.45, 2.75) is 6.61 Å². The number of hydrogen-bond donors (Lipinski definition) is 0. The third-order valence-corrected chi connectivity index (χ3v) is 2.21. The first-order valence-corrected chi connectivity index (χ1v) is 12.3. The van der Waals surface area contributed by atoms with E-state index in [2.05, 4.69) is 19.7 Å². The summed E-state index contributed by atoms with van der Waals surface area (Å²) in [6.45, 7) is 0.522. The van der Waals surface area contributed by atoms with Crippen LogP contribution in [0.2, 0.25) is 0 Å². The zero-order valence-corrected chi connectivity index (χ0v) is 14.8. The van der Waals surface area contributed by atoms with Gasteiger partial charge in [-0.15, -0.1) is 5.56 Å². The summed E-state index contributed by atoms with van der Waals surface area (Å²) in [5, 5.41) is 0. The van der Waals surface area contributed by atoms with Gasteiger partial charge in [-0.2, -0.15) is 30.3 Å². The van der Waals surface area contributed by atoms with Crippen molar-refractivity contribution in [3.05, 3.63) is 60.2 Å². The summed E-state index contributed by atoms with van der Waals surface area (Å²) in [6.07, 6.45) is 0. The van der Waals surface area contributed by atoms with Gasteiger partial charge >= 0.3 is 30.0 Å². The van der Waals surface area contributed by atoms with Crippen LogP contribution in [0.4, 0.5) is 0 Å². The topological polar surface area (TPSA) is 18.5 Å². The minimum atomic E-state index is 0.522. The average molecular weight is 359 g/mol. The first kappa shape index (κ1) is 15.2. The Morgan fingerprint density at radius 1 is 1.11 bits per heavy atom. The van der Waals surface area contributed by atoms with Crippen molar-refractivity contribution in [3.8, 4) is 11.5 Å². The molecule has 0 aliphatic carbocycles. The van der Waals surface area contributed by atoms with Gasteiger partial charge < -0.3 is 9.47 Å². The molecule has 0 radical (unpaired) electrons. The molecule has 0 aliphatic heterocycles. The number of methoxy groups -OCH3 is 1. The van der Waals surface area contributed by atoms with Crippen molar-refractivity contribution in [2.75, 3.05) is 7.11 Å². The van der Waals surface area contributed by atoms with E-state index in [4.69, 9.17) is 9.47 Å². The average Bonchev–Trinajstić information content (AvgIpc) is 2.48. The predicted octanol–water partition coefficient (Wildman–Crippen LogP) is 3.92. The molecule has 0 heterocycles. The Balaban J connectivity index is 0.000000771. The van der Waals surface area contributed by atoms with Gasteiger partial charge in [-0.25, -0.2) is 0 Å². The van der Waals surface area contributed by atoms with Crippen molar-refractivity contribution < 1.29 is 25.8 Å². The third-order valence-electron chi connectivity index (χ3n) is 2.21. The number of halogens is 1. The molecule has 0 saturated carbocycles. The summed E-state index contributed by atoms with van der Waals surface area (Å²) < 4.78 is 10.7. The summed E-state index contributed by atoms with van der Waals surface area (Å²) in [6, 6.07) is 18.5. The molecular weight excluding hydrogens is 345 g/mol. The molecule has 2 rings (SSSR count). The SMILES string of the molecule is COc1cccc(OCc2[c-]cccc2)c1.[Zn+][Br]. The molecule has 90 valence electrons. The zero-order valence-electron chi connectivity index (χ0n) is 10.2. The second kappa shape index (κ2) is 9.12. The van der Waals surface area contributed by atoms with Gasteiger partial charge in [-0.1, -0.05) is 6.07 Å². The summed E-state index contributed by atoms with van der Waals surface area (Å²) in [5.74, 6) is 1.60. The zero-order chi connectivity index (χ0) is 13.2. The molecule has 0 amide bonds. The first-order valence-electron chi connectivity index (χ1n) is 5.37. The number of hydrogen-bond acceptors (Lipinski definition) is 2. The van der Waals surface area contributed by atoms with E-state index in [1.807, 2.05) is 48.5 Å². The van der Waals surface area contributed by atoms with E-state index in [1.54, 1.807) is 7.11 Å². The predicted molar refractivity (Wildman–Crippen MR) is 71.5 cm³/mol. The summed E-state index contributed by atoms with van der Waals surface area (Å²) in [7, 11) is 1.64. The van der Waals surface area contributed by atoms with Gasteiger partial charge in [-0.05, 0) is 12.1 Å². The summed E-state index contributed by atoms with van der Waals surface area (Å²) in [4.78, 5) is 0. The van der Waals surface area contributed by atoms with Gasteiger partial charge in [0.15, 0.2) is 0 Å². The molecule has 2 aromatic rings. The Morgan fingerprint density at radius 3 is 2.56 bits per heavy atom. The Morgan fingerprint density at radius 2 is 1.89 bits per heavy atom. The molecule has 2 aromatic carbocycles. The number of rotatable bonds is 4. The normalized spacial score (nSPS) is 9.11. The van der Waals surface area contributed by atoms with E-state index in [0.29, 0.717) is 6.61 Å². The van der Waals surface area contributed by atoms with Crippen molar-refractivity contribution in [1.29, 1.82) is 0 Å². The maximum absolute atomic E-state index is 5.62. The van der Waals surface area contributed by atoms with E-state index in [-0.39, 0.29) is 0 Å². The van der Waals surface area contributed by atoms with Crippen LogP contribution in [0, 0.1) is 6.07 Å². The van der Waals surface area contributed by atoms with Crippen molar-refractivity contribution in [1.82, 2.24) is 0 Å². The van der Waals surface area contributed by atoms with Crippen molar-refractivity contribution >= 4 is 13.6 Å². The molecule has 0 aliphatic rings. The van der Waals surface area contributed by atoms with Crippen LogP contribution < -0.4 is 9.47 Å². The second-order valence-corrected chi connectivity index (χ2v) is 3.36. The Labute approximate surface area is 124 Å². The molecule has 0 N–H and O–H groups in total. The van der Waals surface area contributed by atoms with Crippen LogP contribution in [0.15, 0.2) is 48.5 Å². The molecule has 0 fully saturated rings. The minimum absolute atomic E-state index is 0.522. The molecule has 0 atom stereocenters. The molecular formula is C14H13BrO2Zn. The van der Waals surface area contributed by atoms with Crippen LogP contribution >= 0.6 is 13.6 Å². The molecule has 4 heteroatoms. The van der Waals surface area contributed by atoms with Gasteiger partial charge in [0.25, 0.3) is 0 Å². The fourth-order valence-corrected chi connectivity index (χ4v) is 1.37.